The third-order valence-corrected chi connectivity index (χ3v) is 6.51. The molecule has 1 saturated carbocycles. The zero-order valence-corrected chi connectivity index (χ0v) is 18.7. The van der Waals surface area contributed by atoms with Gasteiger partial charge < -0.3 is 20.5 Å². The second-order valence-electron chi connectivity index (χ2n) is 9.27. The molecule has 3 aromatic heterocycles. The molecule has 1 aliphatic heterocycles. The first-order chi connectivity index (χ1) is 16.4. The summed E-state index contributed by atoms with van der Waals surface area (Å²) in [7, 11) is 0. The zero-order chi connectivity index (χ0) is 23.8. The minimum absolute atomic E-state index is 0.0488. The van der Waals surface area contributed by atoms with Crippen molar-refractivity contribution in [2.75, 3.05) is 18.4 Å². The van der Waals surface area contributed by atoms with Crippen molar-refractivity contribution in [1.82, 2.24) is 30.2 Å². The Hall–Kier alpha value is -3.37. The van der Waals surface area contributed by atoms with Gasteiger partial charge >= 0.3 is 6.03 Å². The lowest BCUT2D eigenvalue weighted by atomic mass is 9.83. The van der Waals surface area contributed by atoms with Crippen LogP contribution in [-0.4, -0.2) is 62.2 Å². The second kappa shape index (κ2) is 9.11. The van der Waals surface area contributed by atoms with Crippen LogP contribution in [0.1, 0.15) is 32.6 Å². The minimum Gasteiger partial charge on any atom is -0.365 e. The number of H-pyrrole nitrogens is 1. The van der Waals surface area contributed by atoms with E-state index in [9.17, 15) is 18.0 Å². The molecule has 8 nitrogen and oxygen atoms in total. The summed E-state index contributed by atoms with van der Waals surface area (Å²) in [5, 5.41) is 6.68. The molecule has 4 heterocycles. The third-order valence-electron chi connectivity index (χ3n) is 6.51. The first-order valence-electron chi connectivity index (χ1n) is 11.5. The molecular formula is C23H26F3N7O. The van der Waals surface area contributed by atoms with E-state index in [1.807, 2.05) is 0 Å². The fourth-order valence-corrected chi connectivity index (χ4v) is 4.96. The van der Waals surface area contributed by atoms with Gasteiger partial charge in [-0.1, -0.05) is 6.92 Å². The molecule has 34 heavy (non-hydrogen) atoms. The summed E-state index contributed by atoms with van der Waals surface area (Å²) in [6.45, 7) is 2.62. The summed E-state index contributed by atoms with van der Waals surface area (Å²) in [5.74, 6) is -0.512. The number of anilines is 1. The molecule has 0 spiro atoms. The molecule has 2 amide bonds. The van der Waals surface area contributed by atoms with Gasteiger partial charge in [-0.2, -0.15) is 0 Å². The number of likely N-dealkylation sites (tertiary alicyclic amines) is 1. The molecule has 3 aromatic rings. The number of halogens is 3. The molecule has 0 radical (unpaired) electrons. The highest BCUT2D eigenvalue weighted by Gasteiger charge is 2.32. The largest absolute Gasteiger partial charge is 0.365 e. The normalized spacial score (nSPS) is 25.0. The Balaban J connectivity index is 1.31. The van der Waals surface area contributed by atoms with Crippen LogP contribution in [0.3, 0.4) is 0 Å². The van der Waals surface area contributed by atoms with Crippen molar-refractivity contribution in [2.24, 2.45) is 5.92 Å². The average molecular weight is 474 g/mol. The third kappa shape index (κ3) is 4.64. The predicted molar refractivity (Wildman–Crippen MR) is 121 cm³/mol. The Morgan fingerprint density at radius 1 is 1.18 bits per heavy atom. The molecule has 1 saturated heterocycles. The SMILES string of the molecule is C[C@H]1C[C@@H](NC(=O)N2CCC(F)C2)C[C@@H](Nc2nc(-c3c[nH]c4ncc(F)cc34)ncc2F)C1. The zero-order valence-electron chi connectivity index (χ0n) is 18.7. The maximum absolute atomic E-state index is 14.6. The van der Waals surface area contributed by atoms with E-state index in [2.05, 4.69) is 37.5 Å². The van der Waals surface area contributed by atoms with Crippen molar-refractivity contribution >= 4 is 22.9 Å². The number of pyridine rings is 1. The molecule has 3 N–H and O–H groups in total. The lowest BCUT2D eigenvalue weighted by Crippen LogP contribution is -2.48. The first kappa shape index (κ1) is 22.4. The molecule has 5 rings (SSSR count). The number of aromatic nitrogens is 4. The van der Waals surface area contributed by atoms with Gasteiger partial charge in [-0.25, -0.2) is 32.9 Å². The van der Waals surface area contributed by atoms with Crippen molar-refractivity contribution in [1.29, 1.82) is 0 Å². The Morgan fingerprint density at radius 2 is 2.00 bits per heavy atom. The van der Waals surface area contributed by atoms with Crippen LogP contribution in [0.2, 0.25) is 0 Å². The van der Waals surface area contributed by atoms with Crippen LogP contribution in [0.5, 0.6) is 0 Å². The summed E-state index contributed by atoms with van der Waals surface area (Å²) >= 11 is 0. The van der Waals surface area contributed by atoms with E-state index in [1.54, 1.807) is 6.20 Å². The molecule has 0 aromatic carbocycles. The van der Waals surface area contributed by atoms with E-state index < -0.39 is 17.8 Å². The summed E-state index contributed by atoms with van der Waals surface area (Å²) in [4.78, 5) is 29.4. The number of urea groups is 1. The lowest BCUT2D eigenvalue weighted by Gasteiger charge is -2.35. The van der Waals surface area contributed by atoms with Crippen LogP contribution >= 0.6 is 0 Å². The predicted octanol–water partition coefficient (Wildman–Crippen LogP) is 4.02. The number of hydrogen-bond donors (Lipinski definition) is 3. The van der Waals surface area contributed by atoms with Gasteiger partial charge in [-0.05, 0) is 37.7 Å². The van der Waals surface area contributed by atoms with Crippen LogP contribution in [0.15, 0.2) is 24.7 Å². The summed E-state index contributed by atoms with van der Waals surface area (Å²) in [6, 6.07) is 0.837. The van der Waals surface area contributed by atoms with Gasteiger partial charge in [0.25, 0.3) is 0 Å². The Kier molecular flexibility index (Phi) is 6.01. The summed E-state index contributed by atoms with van der Waals surface area (Å²) in [5.41, 5.74) is 1.000. The van der Waals surface area contributed by atoms with Crippen LogP contribution in [0.4, 0.5) is 23.8 Å². The van der Waals surface area contributed by atoms with Gasteiger partial charge in [-0.3, -0.25) is 0 Å². The van der Waals surface area contributed by atoms with Gasteiger partial charge in [0, 0.05) is 35.8 Å². The average Bonchev–Trinajstić information content (AvgIpc) is 3.41. The first-order valence-corrected chi connectivity index (χ1v) is 11.5. The Morgan fingerprint density at radius 3 is 2.79 bits per heavy atom. The highest BCUT2D eigenvalue weighted by molar-refractivity contribution is 5.91. The highest BCUT2D eigenvalue weighted by atomic mass is 19.1. The van der Waals surface area contributed by atoms with Crippen LogP contribution in [0, 0.1) is 17.6 Å². The maximum Gasteiger partial charge on any atom is 0.317 e. The maximum atomic E-state index is 14.6. The molecule has 4 atom stereocenters. The Bertz CT molecular complexity index is 1200. The Labute approximate surface area is 194 Å². The van der Waals surface area contributed by atoms with Gasteiger partial charge in [0.05, 0.1) is 18.9 Å². The lowest BCUT2D eigenvalue weighted by molar-refractivity contribution is 0.191. The van der Waals surface area contributed by atoms with Gasteiger partial charge in [-0.15, -0.1) is 0 Å². The molecule has 1 unspecified atom stereocenters. The fraction of sp³-hybridized carbons (Fsp3) is 0.478. The second-order valence-corrected chi connectivity index (χ2v) is 9.27. The number of rotatable bonds is 4. The number of fused-ring (bicyclic) bond motifs is 1. The molecule has 2 fully saturated rings. The van der Waals surface area contributed by atoms with E-state index in [0.29, 0.717) is 36.0 Å². The molecule has 180 valence electrons. The number of carbonyl (C=O) groups excluding carboxylic acids is 1. The van der Waals surface area contributed by atoms with E-state index in [-0.39, 0.29) is 42.2 Å². The molecule has 11 heteroatoms. The summed E-state index contributed by atoms with van der Waals surface area (Å²) < 4.78 is 41.8. The number of aromatic amines is 1. The van der Waals surface area contributed by atoms with Crippen molar-refractivity contribution in [3.8, 4) is 11.4 Å². The van der Waals surface area contributed by atoms with Crippen molar-refractivity contribution < 1.29 is 18.0 Å². The van der Waals surface area contributed by atoms with Gasteiger partial charge in [0.2, 0.25) is 0 Å². The molecule has 2 aliphatic rings. The van der Waals surface area contributed by atoms with Gasteiger partial charge in [0.15, 0.2) is 17.5 Å². The summed E-state index contributed by atoms with van der Waals surface area (Å²) in [6.07, 6.45) is 5.37. The smallest absolute Gasteiger partial charge is 0.317 e. The number of amides is 2. The van der Waals surface area contributed by atoms with E-state index in [4.69, 9.17) is 0 Å². The van der Waals surface area contributed by atoms with Gasteiger partial charge in [0.1, 0.15) is 17.6 Å². The number of carbonyl (C=O) groups is 1. The topological polar surface area (TPSA) is 98.8 Å². The number of nitrogens with one attached hydrogen (secondary N) is 3. The van der Waals surface area contributed by atoms with Crippen LogP contribution < -0.4 is 10.6 Å². The molecule has 1 aliphatic carbocycles. The number of nitrogens with zero attached hydrogens (tertiary/aromatic N) is 4. The van der Waals surface area contributed by atoms with Crippen molar-refractivity contribution in [3.05, 3.63) is 36.3 Å². The van der Waals surface area contributed by atoms with E-state index in [1.165, 1.54) is 11.0 Å². The monoisotopic (exact) mass is 473 g/mol. The van der Waals surface area contributed by atoms with E-state index >= 15 is 0 Å². The molecular weight excluding hydrogens is 447 g/mol. The van der Waals surface area contributed by atoms with Crippen LogP contribution in [-0.2, 0) is 0 Å². The highest BCUT2D eigenvalue weighted by Crippen LogP contribution is 2.30. The van der Waals surface area contributed by atoms with Crippen LogP contribution in [0.25, 0.3) is 22.4 Å². The number of alkyl halides is 1. The van der Waals surface area contributed by atoms with Crippen molar-refractivity contribution in [3.63, 3.8) is 0 Å². The quantitative estimate of drug-likeness (QED) is 0.532. The van der Waals surface area contributed by atoms with Crippen molar-refractivity contribution in [2.45, 2.75) is 50.9 Å². The molecule has 0 bridgehead atoms. The minimum atomic E-state index is -0.968. The number of hydrogen-bond acceptors (Lipinski definition) is 5. The standard InChI is InChI=1S/C23H26F3N7O/c1-12-4-15(7-16(5-12)31-23(34)33-3-2-13(24)11-33)30-22-19(26)10-29-21(32-22)18-9-28-20-17(18)6-14(25)8-27-20/h6,8-10,12-13,15-16H,2-5,7,11H2,1H3,(H,27,28)(H,31,34)(H,29,30,32)/t12-,13?,15+,16-/m1/s1. The fourth-order valence-electron chi connectivity index (χ4n) is 4.96. The van der Waals surface area contributed by atoms with E-state index in [0.717, 1.165) is 25.2 Å².